The van der Waals surface area contributed by atoms with Crippen LogP contribution in [0.15, 0.2) is 218 Å². The second-order valence-corrected chi connectivity index (χ2v) is 17.9. The fraction of sp³-hybridized carbons (Fsp3) is 0. The van der Waals surface area contributed by atoms with E-state index in [1.165, 1.54) is 80.2 Å². The quantitative estimate of drug-likeness (QED) is 0.173. The van der Waals surface area contributed by atoms with Gasteiger partial charge in [-0.15, -0.1) is 11.3 Å². The van der Waals surface area contributed by atoms with E-state index in [4.69, 9.17) is 9.97 Å². The Balaban J connectivity index is 1.04. The van der Waals surface area contributed by atoms with Crippen LogP contribution in [0.2, 0.25) is 0 Å². The molecule has 0 saturated carbocycles. The van der Waals surface area contributed by atoms with Gasteiger partial charge in [0.25, 0.3) is 0 Å². The summed E-state index contributed by atoms with van der Waals surface area (Å²) in [6.45, 7) is 0. The highest BCUT2D eigenvalue weighted by Gasteiger charge is 2.23. The third-order valence-electron chi connectivity index (χ3n) is 13.3. The Hall–Kier alpha value is -8.38. The number of para-hydroxylation sites is 3. The van der Waals surface area contributed by atoms with Crippen molar-refractivity contribution in [3.05, 3.63) is 218 Å². The molecule has 14 aromatic rings. The molecule has 65 heavy (non-hydrogen) atoms. The van der Waals surface area contributed by atoms with Crippen molar-refractivity contribution in [2.24, 2.45) is 0 Å². The Labute approximate surface area is 377 Å². The molecule has 4 aromatic heterocycles. The summed E-state index contributed by atoms with van der Waals surface area (Å²) < 4.78 is 7.34. The van der Waals surface area contributed by atoms with Crippen LogP contribution in [-0.4, -0.2) is 19.1 Å². The highest BCUT2D eigenvalue weighted by Crippen LogP contribution is 2.46. The smallest absolute Gasteiger partial charge is 0.235 e. The molecule has 0 aliphatic heterocycles. The van der Waals surface area contributed by atoms with Crippen molar-refractivity contribution < 1.29 is 0 Å². The largest absolute Gasteiger partial charge is 0.309 e. The molecule has 10 aromatic carbocycles. The molecule has 0 amide bonds. The first-order chi connectivity index (χ1) is 32.2. The minimum atomic E-state index is 0.645. The molecule has 0 atom stereocenters. The highest BCUT2D eigenvalue weighted by molar-refractivity contribution is 7.26. The maximum Gasteiger partial charge on any atom is 0.235 e. The van der Waals surface area contributed by atoms with Crippen LogP contribution in [0.25, 0.3) is 131 Å². The van der Waals surface area contributed by atoms with Crippen molar-refractivity contribution in [1.29, 1.82) is 0 Å². The molecule has 0 aliphatic carbocycles. The molecule has 14 rings (SSSR count). The van der Waals surface area contributed by atoms with Gasteiger partial charge >= 0.3 is 0 Å². The van der Waals surface area contributed by atoms with Crippen LogP contribution >= 0.6 is 11.3 Å². The van der Waals surface area contributed by atoms with E-state index in [0.29, 0.717) is 5.95 Å². The summed E-state index contributed by atoms with van der Waals surface area (Å²) in [5.74, 6) is 0.645. The van der Waals surface area contributed by atoms with Gasteiger partial charge < -0.3 is 4.57 Å². The first kappa shape index (κ1) is 36.1. The fourth-order valence-electron chi connectivity index (χ4n) is 10.4. The third kappa shape index (κ3) is 5.43. The lowest BCUT2D eigenvalue weighted by Crippen LogP contribution is -2.03. The zero-order valence-electron chi connectivity index (χ0n) is 35.0. The minimum Gasteiger partial charge on any atom is -0.309 e. The lowest BCUT2D eigenvalue weighted by Gasteiger charge is -2.14. The van der Waals surface area contributed by atoms with Gasteiger partial charge in [0, 0.05) is 58.4 Å². The van der Waals surface area contributed by atoms with E-state index in [1.807, 2.05) is 11.3 Å². The molecule has 302 valence electrons. The molecule has 0 aliphatic rings. The van der Waals surface area contributed by atoms with Crippen LogP contribution in [-0.2, 0) is 0 Å². The molecule has 0 saturated heterocycles. The molecule has 5 heteroatoms. The van der Waals surface area contributed by atoms with Gasteiger partial charge in [0.15, 0.2) is 0 Å². The number of fused-ring (bicyclic) bond motifs is 13. The number of benzene rings is 10. The van der Waals surface area contributed by atoms with Crippen molar-refractivity contribution >= 4 is 96.8 Å². The Morgan fingerprint density at radius 3 is 1.78 bits per heavy atom. The summed E-state index contributed by atoms with van der Waals surface area (Å²) >= 11 is 1.89. The van der Waals surface area contributed by atoms with Crippen LogP contribution < -0.4 is 0 Å². The summed E-state index contributed by atoms with van der Waals surface area (Å²) in [5, 5.41) is 10.9. The van der Waals surface area contributed by atoms with E-state index in [2.05, 4.69) is 228 Å². The lowest BCUT2D eigenvalue weighted by atomic mass is 9.94. The molecule has 4 heterocycles. The SMILES string of the molecule is c1ccc(-c2ccc(-c3nc(-n4c5ccccc5c5c6ccccc6c(-c6ccc7c(c6)c6c8sc9ccccc9c8ccc6n7-c6ccccc6)cc54)nc4ccccc34)cc2)cc1. The van der Waals surface area contributed by atoms with E-state index >= 15 is 0 Å². The molecular formula is C60H36N4S. The lowest BCUT2D eigenvalue weighted by molar-refractivity contribution is 1.01. The van der Waals surface area contributed by atoms with Crippen molar-refractivity contribution in [3.63, 3.8) is 0 Å². The number of thiophene rings is 1. The topological polar surface area (TPSA) is 35.6 Å². The average molecular weight is 845 g/mol. The van der Waals surface area contributed by atoms with Crippen molar-refractivity contribution in [2.75, 3.05) is 0 Å². The van der Waals surface area contributed by atoms with Crippen LogP contribution in [0.3, 0.4) is 0 Å². The monoisotopic (exact) mass is 844 g/mol. The normalized spacial score (nSPS) is 12.0. The van der Waals surface area contributed by atoms with E-state index in [1.54, 1.807) is 0 Å². The van der Waals surface area contributed by atoms with E-state index in [9.17, 15) is 0 Å². The molecule has 0 spiro atoms. The van der Waals surface area contributed by atoms with Gasteiger partial charge in [-0.05, 0) is 87.6 Å². The van der Waals surface area contributed by atoms with Gasteiger partial charge in [-0.3, -0.25) is 4.57 Å². The van der Waals surface area contributed by atoms with Crippen LogP contribution in [0.1, 0.15) is 0 Å². The number of rotatable bonds is 5. The summed E-state index contributed by atoms with van der Waals surface area (Å²) in [5.41, 5.74) is 13.2. The number of aromatic nitrogens is 4. The van der Waals surface area contributed by atoms with Crippen molar-refractivity contribution in [1.82, 2.24) is 19.1 Å². The highest BCUT2D eigenvalue weighted by atomic mass is 32.1. The number of hydrogen-bond acceptors (Lipinski definition) is 3. The molecule has 0 N–H and O–H groups in total. The summed E-state index contributed by atoms with van der Waals surface area (Å²) in [7, 11) is 0. The van der Waals surface area contributed by atoms with E-state index in [-0.39, 0.29) is 0 Å². The van der Waals surface area contributed by atoms with E-state index < -0.39 is 0 Å². The Morgan fingerprint density at radius 2 is 0.954 bits per heavy atom. The maximum absolute atomic E-state index is 5.50. The standard InChI is InChI=1S/C60H36N4S/c1-3-15-37(16-4-1)38-27-29-39(30-28-38)58-46-22-9-12-24-50(46)61-60(62-58)64-51-25-13-10-23-47(51)56-44-21-8-7-19-42(44)48(36-54(56)64)40-31-33-52-49(35-40)57-53(63(52)41-17-5-2-6-18-41)34-32-45-43-20-11-14-26-55(43)65-59(45)57/h1-36H. The van der Waals surface area contributed by atoms with Gasteiger partial charge in [0.1, 0.15) is 0 Å². The predicted molar refractivity (Wildman–Crippen MR) is 275 cm³/mol. The zero-order chi connectivity index (χ0) is 42.6. The minimum absolute atomic E-state index is 0.645. The van der Waals surface area contributed by atoms with Gasteiger partial charge in [-0.1, -0.05) is 164 Å². The summed E-state index contributed by atoms with van der Waals surface area (Å²) in [6, 6.07) is 78.9. The second-order valence-electron chi connectivity index (χ2n) is 16.9. The van der Waals surface area contributed by atoms with Gasteiger partial charge in [-0.25, -0.2) is 9.97 Å². The van der Waals surface area contributed by atoms with Crippen molar-refractivity contribution in [2.45, 2.75) is 0 Å². The molecule has 4 nitrogen and oxygen atoms in total. The first-order valence-electron chi connectivity index (χ1n) is 22.1. The maximum atomic E-state index is 5.50. The number of hydrogen-bond donors (Lipinski definition) is 0. The van der Waals surface area contributed by atoms with Crippen LogP contribution in [0, 0.1) is 0 Å². The first-order valence-corrected chi connectivity index (χ1v) is 22.9. The van der Waals surface area contributed by atoms with Crippen LogP contribution in [0.4, 0.5) is 0 Å². The van der Waals surface area contributed by atoms with Crippen LogP contribution in [0.5, 0.6) is 0 Å². The van der Waals surface area contributed by atoms with Gasteiger partial charge in [0.2, 0.25) is 5.95 Å². The number of nitrogens with zero attached hydrogens (tertiary/aromatic N) is 4. The molecule has 0 unspecified atom stereocenters. The zero-order valence-corrected chi connectivity index (χ0v) is 35.8. The van der Waals surface area contributed by atoms with Gasteiger partial charge in [-0.2, -0.15) is 0 Å². The Morgan fingerprint density at radius 1 is 0.338 bits per heavy atom. The molecule has 0 radical (unpaired) electrons. The van der Waals surface area contributed by atoms with Crippen molar-refractivity contribution in [3.8, 4) is 45.1 Å². The Bertz CT molecular complexity index is 4220. The predicted octanol–water partition coefficient (Wildman–Crippen LogP) is 16.3. The fourth-order valence-corrected chi connectivity index (χ4v) is 11.7. The Kier molecular flexibility index (Phi) is 7.82. The molecule has 0 fully saturated rings. The summed E-state index contributed by atoms with van der Waals surface area (Å²) in [6.07, 6.45) is 0. The summed E-state index contributed by atoms with van der Waals surface area (Å²) in [4.78, 5) is 10.9. The molecular weight excluding hydrogens is 809 g/mol. The average Bonchev–Trinajstić information content (AvgIpc) is 4.04. The second kappa shape index (κ2) is 14.1. The molecule has 0 bridgehead atoms. The third-order valence-corrected chi connectivity index (χ3v) is 14.5. The van der Waals surface area contributed by atoms with E-state index in [0.717, 1.165) is 44.4 Å². The van der Waals surface area contributed by atoms with Gasteiger partial charge in [0.05, 0.1) is 33.3 Å².